The average Bonchev–Trinajstić information content (AvgIpc) is 2.41. The van der Waals surface area contributed by atoms with E-state index in [0.717, 1.165) is 17.5 Å². The summed E-state index contributed by atoms with van der Waals surface area (Å²) in [6.07, 6.45) is 0.735. The zero-order valence-corrected chi connectivity index (χ0v) is 12.6. The lowest BCUT2D eigenvalue weighted by Gasteiger charge is -2.17. The van der Waals surface area contributed by atoms with Gasteiger partial charge in [-0.3, -0.25) is 0 Å². The Kier molecular flexibility index (Phi) is 4.87. The van der Waals surface area contributed by atoms with Crippen molar-refractivity contribution >= 4 is 22.6 Å². The summed E-state index contributed by atoms with van der Waals surface area (Å²) >= 11 is 2.25. The van der Waals surface area contributed by atoms with Crippen LogP contribution < -0.4 is 5.32 Å². The highest BCUT2D eigenvalue weighted by atomic mass is 127. The Morgan fingerprint density at radius 2 is 1.74 bits per heavy atom. The summed E-state index contributed by atoms with van der Waals surface area (Å²) in [5, 5.41) is 3.14. The van der Waals surface area contributed by atoms with Gasteiger partial charge in [0.1, 0.15) is 0 Å². The van der Waals surface area contributed by atoms with E-state index in [9.17, 15) is 8.78 Å². The molecule has 0 aliphatic heterocycles. The molecule has 2 rings (SSSR count). The Balaban J connectivity index is 2.19. The Labute approximate surface area is 125 Å². The van der Waals surface area contributed by atoms with Crippen molar-refractivity contribution in [3.05, 3.63) is 68.8 Å². The fourth-order valence-corrected chi connectivity index (χ4v) is 2.33. The molecule has 1 N–H and O–H groups in total. The van der Waals surface area contributed by atoms with E-state index in [1.807, 2.05) is 31.3 Å². The van der Waals surface area contributed by atoms with E-state index >= 15 is 0 Å². The molecular formula is C15H14F2IN. The largest absolute Gasteiger partial charge is 0.313 e. The van der Waals surface area contributed by atoms with Crippen LogP contribution in [0.25, 0.3) is 0 Å². The minimum absolute atomic E-state index is 0.0323. The number of rotatable bonds is 4. The predicted octanol–water partition coefficient (Wildman–Crippen LogP) is 4.07. The Bertz CT molecular complexity index is 555. The summed E-state index contributed by atoms with van der Waals surface area (Å²) < 4.78 is 27.4. The van der Waals surface area contributed by atoms with Crippen LogP contribution in [-0.2, 0) is 6.42 Å². The van der Waals surface area contributed by atoms with Crippen LogP contribution >= 0.6 is 22.6 Å². The van der Waals surface area contributed by atoms with Crippen molar-refractivity contribution in [2.45, 2.75) is 12.5 Å². The molecule has 0 saturated heterocycles. The summed E-state index contributed by atoms with van der Waals surface area (Å²) in [5.41, 5.74) is 1.91. The molecule has 1 nitrogen and oxygen atoms in total. The van der Waals surface area contributed by atoms with Crippen molar-refractivity contribution in [3.8, 4) is 0 Å². The second kappa shape index (κ2) is 6.43. The first kappa shape index (κ1) is 14.4. The van der Waals surface area contributed by atoms with Gasteiger partial charge in [0.25, 0.3) is 0 Å². The van der Waals surface area contributed by atoms with Crippen LogP contribution in [0.2, 0.25) is 0 Å². The minimum Gasteiger partial charge on any atom is -0.313 e. The van der Waals surface area contributed by atoms with Gasteiger partial charge in [-0.15, -0.1) is 0 Å². The van der Waals surface area contributed by atoms with Gasteiger partial charge in [-0.2, -0.15) is 0 Å². The third-order valence-corrected chi connectivity index (χ3v) is 3.77. The van der Waals surface area contributed by atoms with Crippen molar-refractivity contribution in [1.29, 1.82) is 0 Å². The Morgan fingerprint density at radius 1 is 1.05 bits per heavy atom. The highest BCUT2D eigenvalue weighted by Gasteiger charge is 2.12. The van der Waals surface area contributed by atoms with Crippen molar-refractivity contribution in [2.24, 2.45) is 0 Å². The SMILES string of the molecule is CNC(Cc1ccc(I)cc1)c1ccc(F)c(F)c1. The van der Waals surface area contributed by atoms with Gasteiger partial charge in [0.2, 0.25) is 0 Å². The molecule has 0 amide bonds. The molecule has 0 heterocycles. The predicted molar refractivity (Wildman–Crippen MR) is 81.0 cm³/mol. The van der Waals surface area contributed by atoms with Crippen molar-refractivity contribution in [3.63, 3.8) is 0 Å². The first-order valence-electron chi connectivity index (χ1n) is 5.97. The second-order valence-electron chi connectivity index (χ2n) is 4.35. The molecule has 0 aromatic heterocycles. The van der Waals surface area contributed by atoms with Gasteiger partial charge in [0, 0.05) is 9.61 Å². The van der Waals surface area contributed by atoms with Crippen LogP contribution in [0.15, 0.2) is 42.5 Å². The lowest BCUT2D eigenvalue weighted by molar-refractivity contribution is 0.501. The molecule has 2 aromatic carbocycles. The Hall–Kier alpha value is -1.01. The first-order valence-corrected chi connectivity index (χ1v) is 7.04. The van der Waals surface area contributed by atoms with Gasteiger partial charge < -0.3 is 5.32 Å². The maximum Gasteiger partial charge on any atom is 0.159 e. The third kappa shape index (κ3) is 3.73. The topological polar surface area (TPSA) is 12.0 Å². The standard InChI is InChI=1S/C15H14F2IN/c1-19-15(8-10-2-5-12(18)6-3-10)11-4-7-13(16)14(17)9-11/h2-7,9,15,19H,8H2,1H3. The molecule has 4 heteroatoms. The monoisotopic (exact) mass is 373 g/mol. The van der Waals surface area contributed by atoms with Gasteiger partial charge in [-0.25, -0.2) is 8.78 Å². The number of halogens is 3. The molecule has 0 bridgehead atoms. The quantitative estimate of drug-likeness (QED) is 0.797. The molecule has 2 aromatic rings. The minimum atomic E-state index is -0.812. The second-order valence-corrected chi connectivity index (χ2v) is 5.59. The lowest BCUT2D eigenvalue weighted by atomic mass is 9.99. The molecule has 0 fully saturated rings. The first-order chi connectivity index (χ1) is 9.10. The summed E-state index contributed by atoms with van der Waals surface area (Å²) in [6.45, 7) is 0. The van der Waals surface area contributed by atoms with Gasteiger partial charge in [-0.05, 0) is 71.5 Å². The van der Waals surface area contributed by atoms with E-state index in [2.05, 4.69) is 27.9 Å². The van der Waals surface area contributed by atoms with E-state index in [1.54, 1.807) is 6.07 Å². The molecule has 0 aliphatic rings. The number of likely N-dealkylation sites (N-methyl/N-ethyl adjacent to an activating group) is 1. The van der Waals surface area contributed by atoms with Crippen LogP contribution in [0.3, 0.4) is 0 Å². The average molecular weight is 373 g/mol. The fraction of sp³-hybridized carbons (Fsp3) is 0.200. The smallest absolute Gasteiger partial charge is 0.159 e. The summed E-state index contributed by atoms with van der Waals surface area (Å²) in [5.74, 6) is -1.62. The van der Waals surface area contributed by atoms with Crippen LogP contribution in [0.1, 0.15) is 17.2 Å². The van der Waals surface area contributed by atoms with Gasteiger partial charge in [0.15, 0.2) is 11.6 Å². The summed E-state index contributed by atoms with van der Waals surface area (Å²) in [7, 11) is 1.82. The molecule has 19 heavy (non-hydrogen) atoms. The van der Waals surface area contributed by atoms with E-state index in [-0.39, 0.29) is 6.04 Å². The number of benzene rings is 2. The van der Waals surface area contributed by atoms with E-state index in [1.165, 1.54) is 15.7 Å². The summed E-state index contributed by atoms with van der Waals surface area (Å²) in [6, 6.07) is 12.2. The van der Waals surface area contributed by atoms with Crippen molar-refractivity contribution < 1.29 is 8.78 Å². The van der Waals surface area contributed by atoms with Crippen LogP contribution in [0, 0.1) is 15.2 Å². The molecule has 0 radical (unpaired) electrons. The summed E-state index contributed by atoms with van der Waals surface area (Å²) in [4.78, 5) is 0. The van der Waals surface area contributed by atoms with Crippen molar-refractivity contribution in [2.75, 3.05) is 7.05 Å². The van der Waals surface area contributed by atoms with Crippen molar-refractivity contribution in [1.82, 2.24) is 5.32 Å². The van der Waals surface area contributed by atoms with Crippen LogP contribution in [-0.4, -0.2) is 7.05 Å². The molecule has 0 aliphatic carbocycles. The molecule has 1 unspecified atom stereocenters. The zero-order valence-electron chi connectivity index (χ0n) is 10.5. The number of hydrogen-bond acceptors (Lipinski definition) is 1. The fourth-order valence-electron chi connectivity index (χ4n) is 1.97. The highest BCUT2D eigenvalue weighted by molar-refractivity contribution is 14.1. The maximum absolute atomic E-state index is 13.3. The zero-order chi connectivity index (χ0) is 13.8. The third-order valence-electron chi connectivity index (χ3n) is 3.05. The van der Waals surface area contributed by atoms with Gasteiger partial charge >= 0.3 is 0 Å². The number of hydrogen-bond donors (Lipinski definition) is 1. The van der Waals surface area contributed by atoms with Crippen LogP contribution in [0.4, 0.5) is 8.78 Å². The lowest BCUT2D eigenvalue weighted by Crippen LogP contribution is -2.19. The molecule has 0 saturated carbocycles. The molecule has 0 spiro atoms. The van der Waals surface area contributed by atoms with Gasteiger partial charge in [-0.1, -0.05) is 18.2 Å². The molecule has 100 valence electrons. The Morgan fingerprint density at radius 3 is 2.32 bits per heavy atom. The number of nitrogens with one attached hydrogen (secondary N) is 1. The van der Waals surface area contributed by atoms with E-state index < -0.39 is 11.6 Å². The van der Waals surface area contributed by atoms with Crippen LogP contribution in [0.5, 0.6) is 0 Å². The van der Waals surface area contributed by atoms with Gasteiger partial charge in [0.05, 0.1) is 0 Å². The van der Waals surface area contributed by atoms with E-state index in [4.69, 9.17) is 0 Å². The normalized spacial score (nSPS) is 12.4. The maximum atomic E-state index is 13.3. The highest BCUT2D eigenvalue weighted by Crippen LogP contribution is 2.20. The van der Waals surface area contributed by atoms with E-state index in [0.29, 0.717) is 0 Å². The molecular weight excluding hydrogens is 359 g/mol. The molecule has 1 atom stereocenters.